The number of ether oxygens (including phenoxy) is 1. The zero-order valence-corrected chi connectivity index (χ0v) is 15.5. The van der Waals surface area contributed by atoms with E-state index in [4.69, 9.17) is 4.74 Å². The minimum absolute atomic E-state index is 0.230. The van der Waals surface area contributed by atoms with Gasteiger partial charge in [-0.3, -0.25) is 4.79 Å². The molecule has 1 aromatic rings. The van der Waals surface area contributed by atoms with Gasteiger partial charge in [0.05, 0.1) is 19.6 Å². The summed E-state index contributed by atoms with van der Waals surface area (Å²) in [5.41, 5.74) is 0.756. The lowest BCUT2D eigenvalue weighted by molar-refractivity contribution is -0.143. The molecule has 122 valence electrons. The smallest absolute Gasteiger partial charge is 0.325 e. The number of hydrogen-bond acceptors (Lipinski definition) is 4. The second kappa shape index (κ2) is 5.79. The third-order valence-corrected chi connectivity index (χ3v) is 8.20. The number of sulfonamides is 1. The number of benzene rings is 1. The van der Waals surface area contributed by atoms with Crippen LogP contribution in [0.3, 0.4) is 0 Å². The van der Waals surface area contributed by atoms with Gasteiger partial charge in [-0.1, -0.05) is 37.3 Å². The van der Waals surface area contributed by atoms with Crippen molar-refractivity contribution >= 4 is 24.1 Å². The summed E-state index contributed by atoms with van der Waals surface area (Å²) >= 11 is 0. The quantitative estimate of drug-likeness (QED) is 0.468. The topological polar surface area (TPSA) is 63.5 Å². The molecule has 0 aromatic heterocycles. The molecule has 0 saturated carbocycles. The van der Waals surface area contributed by atoms with Crippen LogP contribution in [0, 0.1) is 6.92 Å². The first kappa shape index (κ1) is 17.2. The number of carbonyl (C=O) groups excluding carboxylic acids is 1. The molecule has 1 aromatic carbocycles. The second-order valence-electron chi connectivity index (χ2n) is 6.66. The van der Waals surface area contributed by atoms with E-state index in [0.29, 0.717) is 0 Å². The highest BCUT2D eigenvalue weighted by atomic mass is 32.2. The maximum absolute atomic E-state index is 12.8. The van der Waals surface area contributed by atoms with Crippen LogP contribution in [0.5, 0.6) is 0 Å². The van der Waals surface area contributed by atoms with Crippen molar-refractivity contribution in [2.24, 2.45) is 0 Å². The number of rotatable bonds is 5. The molecule has 2 rings (SSSR count). The van der Waals surface area contributed by atoms with E-state index in [2.05, 4.69) is 19.6 Å². The molecule has 1 unspecified atom stereocenters. The van der Waals surface area contributed by atoms with Gasteiger partial charge in [-0.2, -0.15) is 4.31 Å². The lowest BCUT2D eigenvalue weighted by atomic mass is 10.2. The Hall–Kier alpha value is -1.18. The van der Waals surface area contributed by atoms with Crippen LogP contribution in [0.2, 0.25) is 19.6 Å². The van der Waals surface area contributed by atoms with Gasteiger partial charge < -0.3 is 4.74 Å². The van der Waals surface area contributed by atoms with Gasteiger partial charge in [0.25, 0.3) is 0 Å². The zero-order chi connectivity index (χ0) is 16.7. The Morgan fingerprint density at radius 2 is 1.77 bits per heavy atom. The molecule has 1 saturated heterocycles. The summed E-state index contributed by atoms with van der Waals surface area (Å²) in [6, 6.07) is 6.04. The van der Waals surface area contributed by atoms with Gasteiger partial charge in [-0.15, -0.1) is 0 Å². The Kier molecular flexibility index (Phi) is 4.52. The fourth-order valence-electron chi connectivity index (χ4n) is 2.66. The number of aryl methyl sites for hydroxylation is 1. The number of nitrogens with zero attached hydrogens (tertiary/aromatic N) is 1. The van der Waals surface area contributed by atoms with Crippen LogP contribution in [-0.4, -0.2) is 45.1 Å². The van der Waals surface area contributed by atoms with Gasteiger partial charge in [0, 0.05) is 5.67 Å². The lowest BCUT2D eigenvalue weighted by Crippen LogP contribution is -2.34. The molecule has 0 spiro atoms. The lowest BCUT2D eigenvalue weighted by Gasteiger charge is -2.15. The van der Waals surface area contributed by atoms with Crippen molar-refractivity contribution in [2.45, 2.75) is 50.1 Å². The molecule has 3 atom stereocenters. The normalized spacial score (nSPS) is 24.9. The summed E-state index contributed by atoms with van der Waals surface area (Å²) in [5, 5.41) is 0. The van der Waals surface area contributed by atoms with E-state index in [1.54, 1.807) is 31.2 Å². The maximum Gasteiger partial charge on any atom is 0.325 e. The van der Waals surface area contributed by atoms with Crippen molar-refractivity contribution in [1.29, 1.82) is 0 Å². The molecule has 1 aliphatic heterocycles. The second-order valence-corrected chi connectivity index (χ2v) is 13.8. The van der Waals surface area contributed by atoms with Gasteiger partial charge in [0.1, 0.15) is 6.04 Å². The van der Waals surface area contributed by atoms with Crippen LogP contribution < -0.4 is 0 Å². The Morgan fingerprint density at radius 3 is 2.23 bits per heavy atom. The first-order valence-electron chi connectivity index (χ1n) is 7.37. The van der Waals surface area contributed by atoms with E-state index >= 15 is 0 Å². The highest BCUT2D eigenvalue weighted by molar-refractivity contribution is 7.89. The van der Waals surface area contributed by atoms with Crippen molar-refractivity contribution in [3.63, 3.8) is 0 Å². The fourth-order valence-corrected chi connectivity index (χ4v) is 7.80. The van der Waals surface area contributed by atoms with E-state index in [0.717, 1.165) is 5.56 Å². The van der Waals surface area contributed by atoms with E-state index < -0.39 is 30.1 Å². The Bertz CT molecular complexity index is 664. The Balaban J connectivity index is 2.36. The highest BCUT2D eigenvalue weighted by Crippen LogP contribution is 2.42. The van der Waals surface area contributed by atoms with Crippen molar-refractivity contribution in [3.05, 3.63) is 29.8 Å². The molecule has 0 N–H and O–H groups in total. The van der Waals surface area contributed by atoms with E-state index in [9.17, 15) is 13.2 Å². The molecular weight excluding hydrogens is 318 g/mol. The Morgan fingerprint density at radius 1 is 1.23 bits per heavy atom. The molecule has 1 aliphatic rings. The third kappa shape index (κ3) is 3.11. The molecule has 1 heterocycles. The van der Waals surface area contributed by atoms with Crippen LogP contribution in [0.1, 0.15) is 12.5 Å². The van der Waals surface area contributed by atoms with E-state index in [1.807, 2.05) is 6.92 Å². The van der Waals surface area contributed by atoms with Crippen molar-refractivity contribution < 1.29 is 17.9 Å². The molecule has 0 bridgehead atoms. The fraction of sp³-hybridized carbons (Fsp3) is 0.533. The summed E-state index contributed by atoms with van der Waals surface area (Å²) in [6.07, 6.45) is 0. The standard InChI is InChI=1S/C15H23NO4SSi/c1-6-20-15(17)13-14(22(3,4)5)16(13)21(18,19)12-9-7-11(2)8-10-12/h7-10,13-14H,6H2,1-5H3/t13-,14-,16?/m0/s1. The van der Waals surface area contributed by atoms with Gasteiger partial charge in [0.15, 0.2) is 0 Å². The summed E-state index contributed by atoms with van der Waals surface area (Å²) < 4.78 is 32.0. The molecule has 0 radical (unpaired) electrons. The van der Waals surface area contributed by atoms with Gasteiger partial charge in [-0.25, -0.2) is 8.42 Å². The minimum Gasteiger partial charge on any atom is -0.465 e. The molecule has 5 nitrogen and oxygen atoms in total. The largest absolute Gasteiger partial charge is 0.465 e. The zero-order valence-electron chi connectivity index (χ0n) is 13.7. The van der Waals surface area contributed by atoms with Crippen LogP contribution in [0.4, 0.5) is 0 Å². The monoisotopic (exact) mass is 341 g/mol. The van der Waals surface area contributed by atoms with Gasteiger partial charge in [-0.05, 0) is 26.0 Å². The van der Waals surface area contributed by atoms with E-state index in [-0.39, 0.29) is 17.2 Å². The van der Waals surface area contributed by atoms with Crippen molar-refractivity contribution in [1.82, 2.24) is 4.31 Å². The molecular formula is C15H23NO4SSi. The first-order chi connectivity index (χ1) is 10.1. The first-order valence-corrected chi connectivity index (χ1v) is 12.4. The molecule has 0 amide bonds. The average molecular weight is 342 g/mol. The summed E-state index contributed by atoms with van der Waals surface area (Å²) in [7, 11) is -5.51. The minimum atomic E-state index is -3.66. The molecule has 1 fully saturated rings. The summed E-state index contributed by atoms with van der Waals surface area (Å²) in [6.45, 7) is 10.1. The van der Waals surface area contributed by atoms with E-state index in [1.165, 1.54) is 4.31 Å². The van der Waals surface area contributed by atoms with Gasteiger partial charge >= 0.3 is 5.97 Å². The van der Waals surface area contributed by atoms with Crippen molar-refractivity contribution in [2.75, 3.05) is 6.61 Å². The molecule has 22 heavy (non-hydrogen) atoms. The van der Waals surface area contributed by atoms with Crippen LogP contribution in [0.25, 0.3) is 0 Å². The predicted octanol–water partition coefficient (Wildman–Crippen LogP) is 2.18. The summed E-state index contributed by atoms with van der Waals surface area (Å²) in [4.78, 5) is 12.3. The SMILES string of the molecule is CCOC(=O)[C@@H]1[C@H]([Si](C)(C)C)N1S(=O)(=O)c1ccc(C)cc1. The maximum atomic E-state index is 12.8. The number of esters is 1. The average Bonchev–Trinajstić information content (AvgIpc) is 3.15. The van der Waals surface area contributed by atoms with Crippen LogP contribution >= 0.6 is 0 Å². The highest BCUT2D eigenvalue weighted by Gasteiger charge is 2.65. The third-order valence-electron chi connectivity index (χ3n) is 3.77. The summed E-state index contributed by atoms with van der Waals surface area (Å²) in [5.74, 6) is -0.439. The van der Waals surface area contributed by atoms with Crippen LogP contribution in [0.15, 0.2) is 29.2 Å². The molecule has 7 heteroatoms. The number of carbonyl (C=O) groups is 1. The number of hydrogen-bond donors (Lipinski definition) is 0. The van der Waals surface area contributed by atoms with Gasteiger partial charge in [0.2, 0.25) is 10.0 Å². The van der Waals surface area contributed by atoms with Crippen molar-refractivity contribution in [3.8, 4) is 0 Å². The van der Waals surface area contributed by atoms with Crippen LogP contribution in [-0.2, 0) is 19.6 Å². The Labute approximate surface area is 133 Å². The molecule has 0 aliphatic carbocycles. The predicted molar refractivity (Wildman–Crippen MR) is 87.8 cm³/mol.